The molecule has 3 nitrogen and oxygen atoms in total. The molecule has 0 atom stereocenters. The summed E-state index contributed by atoms with van der Waals surface area (Å²) in [5.41, 5.74) is 9.20. The Hall–Kier alpha value is -2.13. The summed E-state index contributed by atoms with van der Waals surface area (Å²) in [6.45, 7) is 12.6. The van der Waals surface area contributed by atoms with E-state index in [0.29, 0.717) is 12.1 Å². The predicted molar refractivity (Wildman–Crippen MR) is 99.9 cm³/mol. The standard InChI is InChI=1S/C8H11N.C8H8O2.2C2H6/c1-7-2-4-8(6-9)5-3-7;1-6-3-2-4-7(5-6)8(9)10;2*1-2/h2-5H,6,9H2,1H3;2-5H,1H3,(H,9,10);2*1-2H3. The van der Waals surface area contributed by atoms with Crippen molar-refractivity contribution in [1.29, 1.82) is 0 Å². The molecule has 0 fully saturated rings. The first-order valence-corrected chi connectivity index (χ1v) is 8.08. The van der Waals surface area contributed by atoms with Crippen LogP contribution in [0.3, 0.4) is 0 Å². The largest absolute Gasteiger partial charge is 0.478 e. The van der Waals surface area contributed by atoms with Crippen molar-refractivity contribution in [1.82, 2.24) is 0 Å². The average Bonchev–Trinajstić information content (AvgIpc) is 2.60. The Labute approximate surface area is 141 Å². The van der Waals surface area contributed by atoms with Gasteiger partial charge < -0.3 is 10.8 Å². The van der Waals surface area contributed by atoms with E-state index in [1.807, 2.05) is 40.7 Å². The van der Waals surface area contributed by atoms with Crippen molar-refractivity contribution < 1.29 is 9.90 Å². The van der Waals surface area contributed by atoms with Gasteiger partial charge in [0.05, 0.1) is 5.56 Å². The maximum atomic E-state index is 10.4. The second kappa shape index (κ2) is 14.8. The van der Waals surface area contributed by atoms with Crippen molar-refractivity contribution in [2.45, 2.75) is 48.1 Å². The SMILES string of the molecule is CC.CC.Cc1ccc(CN)cc1.Cc1cccc(C(=O)O)c1. The summed E-state index contributed by atoms with van der Waals surface area (Å²) in [6, 6.07) is 15.1. The third-order valence-electron chi connectivity index (χ3n) is 2.62. The number of carboxylic acids is 1. The average molecular weight is 317 g/mol. The van der Waals surface area contributed by atoms with Crippen molar-refractivity contribution in [2.24, 2.45) is 5.73 Å². The van der Waals surface area contributed by atoms with Gasteiger partial charge in [0, 0.05) is 6.54 Å². The summed E-state index contributed by atoms with van der Waals surface area (Å²) < 4.78 is 0. The zero-order valence-electron chi connectivity index (χ0n) is 15.3. The van der Waals surface area contributed by atoms with E-state index in [2.05, 4.69) is 31.2 Å². The normalized spacial score (nSPS) is 8.30. The highest BCUT2D eigenvalue weighted by atomic mass is 16.4. The third kappa shape index (κ3) is 11.1. The first kappa shape index (κ1) is 23.1. The highest BCUT2D eigenvalue weighted by Crippen LogP contribution is 2.02. The van der Waals surface area contributed by atoms with Crippen LogP contribution in [-0.4, -0.2) is 11.1 Å². The lowest BCUT2D eigenvalue weighted by Gasteiger charge is -1.94. The number of hydrogen-bond donors (Lipinski definition) is 2. The number of benzene rings is 2. The van der Waals surface area contributed by atoms with Crippen molar-refractivity contribution >= 4 is 5.97 Å². The fourth-order valence-corrected chi connectivity index (χ4v) is 1.50. The van der Waals surface area contributed by atoms with Gasteiger partial charge in [-0.3, -0.25) is 0 Å². The Morgan fingerprint density at radius 3 is 1.78 bits per heavy atom. The van der Waals surface area contributed by atoms with Gasteiger partial charge in [-0.2, -0.15) is 0 Å². The fourth-order valence-electron chi connectivity index (χ4n) is 1.50. The number of rotatable bonds is 2. The quantitative estimate of drug-likeness (QED) is 0.800. The minimum Gasteiger partial charge on any atom is -0.478 e. The van der Waals surface area contributed by atoms with Gasteiger partial charge in [-0.1, -0.05) is 75.2 Å². The van der Waals surface area contributed by atoms with E-state index in [1.165, 1.54) is 11.1 Å². The smallest absolute Gasteiger partial charge is 0.335 e. The molecule has 2 aromatic carbocycles. The molecule has 0 unspecified atom stereocenters. The molecule has 0 spiro atoms. The van der Waals surface area contributed by atoms with Gasteiger partial charge in [0.1, 0.15) is 0 Å². The number of nitrogens with two attached hydrogens (primary N) is 1. The van der Waals surface area contributed by atoms with Crippen LogP contribution in [0.5, 0.6) is 0 Å². The zero-order chi connectivity index (χ0) is 18.3. The van der Waals surface area contributed by atoms with E-state index < -0.39 is 5.97 Å². The van der Waals surface area contributed by atoms with Gasteiger partial charge in [-0.25, -0.2) is 4.79 Å². The highest BCUT2D eigenvalue weighted by molar-refractivity contribution is 5.87. The molecule has 0 aliphatic heterocycles. The molecule has 3 N–H and O–H groups in total. The Morgan fingerprint density at radius 2 is 1.43 bits per heavy atom. The number of aromatic carboxylic acids is 1. The van der Waals surface area contributed by atoms with Crippen LogP contribution in [0, 0.1) is 13.8 Å². The van der Waals surface area contributed by atoms with E-state index in [1.54, 1.807) is 18.2 Å². The summed E-state index contributed by atoms with van der Waals surface area (Å²) in [5, 5.41) is 8.51. The lowest BCUT2D eigenvalue weighted by atomic mass is 10.1. The molecule has 3 heteroatoms. The predicted octanol–water partition coefficient (Wildman–Crippen LogP) is 5.20. The molecule has 0 bridgehead atoms. The molecular weight excluding hydrogens is 286 g/mol. The molecular formula is C20H31NO2. The third-order valence-corrected chi connectivity index (χ3v) is 2.62. The minimum atomic E-state index is -0.872. The maximum Gasteiger partial charge on any atom is 0.335 e. The maximum absolute atomic E-state index is 10.4. The van der Waals surface area contributed by atoms with E-state index in [9.17, 15) is 4.79 Å². The van der Waals surface area contributed by atoms with Crippen molar-refractivity contribution in [3.8, 4) is 0 Å². The van der Waals surface area contributed by atoms with Gasteiger partial charge >= 0.3 is 5.97 Å². The second-order valence-corrected chi connectivity index (χ2v) is 4.36. The number of carbonyl (C=O) groups is 1. The number of hydrogen-bond acceptors (Lipinski definition) is 2. The summed E-state index contributed by atoms with van der Waals surface area (Å²) in [7, 11) is 0. The van der Waals surface area contributed by atoms with Gasteiger partial charge in [0.15, 0.2) is 0 Å². The number of aryl methyl sites for hydroxylation is 2. The summed E-state index contributed by atoms with van der Waals surface area (Å²) >= 11 is 0. The van der Waals surface area contributed by atoms with Crippen LogP contribution in [0.4, 0.5) is 0 Å². The molecule has 0 aliphatic carbocycles. The molecule has 0 heterocycles. The van der Waals surface area contributed by atoms with Crippen LogP contribution in [0.15, 0.2) is 48.5 Å². The Kier molecular flexibility index (Phi) is 14.9. The highest BCUT2D eigenvalue weighted by Gasteiger charge is 1.99. The van der Waals surface area contributed by atoms with Crippen LogP contribution in [-0.2, 0) is 6.54 Å². The molecule has 0 aromatic heterocycles. The minimum absolute atomic E-state index is 0.347. The van der Waals surface area contributed by atoms with Crippen LogP contribution < -0.4 is 5.73 Å². The fraction of sp³-hybridized carbons (Fsp3) is 0.350. The first-order valence-electron chi connectivity index (χ1n) is 8.08. The van der Waals surface area contributed by atoms with Crippen LogP contribution >= 0.6 is 0 Å². The topological polar surface area (TPSA) is 63.3 Å². The molecule has 2 aromatic rings. The molecule has 0 aliphatic rings. The van der Waals surface area contributed by atoms with Crippen LogP contribution in [0.2, 0.25) is 0 Å². The lowest BCUT2D eigenvalue weighted by Crippen LogP contribution is -1.95. The summed E-state index contributed by atoms with van der Waals surface area (Å²) in [4.78, 5) is 10.4. The molecule has 128 valence electrons. The molecule has 0 saturated carbocycles. The second-order valence-electron chi connectivity index (χ2n) is 4.36. The Bertz CT molecular complexity index is 534. The Morgan fingerprint density at radius 1 is 0.913 bits per heavy atom. The monoisotopic (exact) mass is 317 g/mol. The molecule has 2 rings (SSSR count). The van der Waals surface area contributed by atoms with E-state index in [0.717, 1.165) is 5.56 Å². The van der Waals surface area contributed by atoms with E-state index in [-0.39, 0.29) is 0 Å². The molecule has 0 amide bonds. The van der Waals surface area contributed by atoms with E-state index in [4.69, 9.17) is 10.8 Å². The van der Waals surface area contributed by atoms with E-state index >= 15 is 0 Å². The van der Waals surface area contributed by atoms with Crippen molar-refractivity contribution in [3.63, 3.8) is 0 Å². The van der Waals surface area contributed by atoms with Crippen molar-refractivity contribution in [2.75, 3.05) is 0 Å². The van der Waals surface area contributed by atoms with Crippen LogP contribution in [0.25, 0.3) is 0 Å². The Balaban J connectivity index is 0. The molecule has 0 radical (unpaired) electrons. The van der Waals surface area contributed by atoms with Crippen molar-refractivity contribution in [3.05, 3.63) is 70.8 Å². The van der Waals surface area contributed by atoms with Gasteiger partial charge in [0.25, 0.3) is 0 Å². The summed E-state index contributed by atoms with van der Waals surface area (Å²) in [5.74, 6) is -0.872. The zero-order valence-corrected chi connectivity index (χ0v) is 15.3. The van der Waals surface area contributed by atoms with Gasteiger partial charge in [-0.05, 0) is 31.5 Å². The van der Waals surface area contributed by atoms with Gasteiger partial charge in [-0.15, -0.1) is 0 Å². The summed E-state index contributed by atoms with van der Waals surface area (Å²) in [6.07, 6.45) is 0. The molecule has 23 heavy (non-hydrogen) atoms. The van der Waals surface area contributed by atoms with Gasteiger partial charge in [0.2, 0.25) is 0 Å². The lowest BCUT2D eigenvalue weighted by molar-refractivity contribution is 0.0697. The van der Waals surface area contributed by atoms with Crippen LogP contribution in [0.1, 0.15) is 54.7 Å². The molecule has 0 saturated heterocycles. The number of carboxylic acid groups (broad SMARTS) is 1. The first-order chi connectivity index (χ1) is 11.0.